The lowest BCUT2D eigenvalue weighted by Gasteiger charge is -2.33. The van der Waals surface area contributed by atoms with Crippen molar-refractivity contribution in [3.8, 4) is 11.1 Å². The largest absolute Gasteiger partial charge is 0.478 e. The number of nitrogens with zero attached hydrogens (tertiary/aromatic N) is 2. The second-order valence-electron chi connectivity index (χ2n) is 8.96. The van der Waals surface area contributed by atoms with Crippen LogP contribution in [0.5, 0.6) is 0 Å². The molecule has 5 rings (SSSR count). The van der Waals surface area contributed by atoms with Gasteiger partial charge >= 0.3 is 5.97 Å². The zero-order valence-corrected chi connectivity index (χ0v) is 20.1. The Labute approximate surface area is 217 Å². The van der Waals surface area contributed by atoms with E-state index in [1.807, 2.05) is 30.3 Å². The Kier molecular flexibility index (Phi) is 6.48. The van der Waals surface area contributed by atoms with Crippen molar-refractivity contribution in [2.45, 2.75) is 25.4 Å². The van der Waals surface area contributed by atoms with Crippen molar-refractivity contribution in [2.75, 3.05) is 12.0 Å². The normalized spacial score (nSPS) is 17.1. The smallest absolute Gasteiger partial charge is 0.335 e. The molecule has 0 radical (unpaired) electrons. The first-order chi connectivity index (χ1) is 18.3. The monoisotopic (exact) mass is 513 g/mol. The first-order valence-corrected chi connectivity index (χ1v) is 11.9. The molecule has 3 aromatic carbocycles. The van der Waals surface area contributed by atoms with Gasteiger partial charge in [0.25, 0.3) is 17.7 Å². The molecule has 10 nitrogen and oxygen atoms in total. The molecule has 10 heteroatoms. The van der Waals surface area contributed by atoms with Gasteiger partial charge in [-0.1, -0.05) is 42.5 Å². The van der Waals surface area contributed by atoms with Crippen LogP contribution >= 0.6 is 0 Å². The van der Waals surface area contributed by atoms with Crippen molar-refractivity contribution in [3.05, 3.63) is 89.0 Å². The molecular weight excluding hydrogens is 490 g/mol. The lowest BCUT2D eigenvalue weighted by Crippen LogP contribution is -2.56. The van der Waals surface area contributed by atoms with Gasteiger partial charge in [-0.15, -0.1) is 0 Å². The van der Waals surface area contributed by atoms with Gasteiger partial charge in [-0.3, -0.25) is 29.0 Å². The van der Waals surface area contributed by atoms with Gasteiger partial charge in [0.1, 0.15) is 12.8 Å². The zero-order chi connectivity index (χ0) is 27.0. The molecule has 1 atom stereocenters. The Morgan fingerprint density at radius 1 is 0.921 bits per heavy atom. The summed E-state index contributed by atoms with van der Waals surface area (Å²) < 4.78 is 0. The molecule has 0 aliphatic carbocycles. The first kappa shape index (κ1) is 24.8. The van der Waals surface area contributed by atoms with Crippen molar-refractivity contribution in [3.63, 3.8) is 0 Å². The number of likely N-dealkylation sites (tertiary alicyclic amines) is 1. The molecule has 2 heterocycles. The highest BCUT2D eigenvalue weighted by atomic mass is 16.4. The van der Waals surface area contributed by atoms with Crippen molar-refractivity contribution in [2.24, 2.45) is 0 Å². The number of aliphatic hydroxyl groups excluding tert-OH is 1. The van der Waals surface area contributed by atoms with E-state index in [0.717, 1.165) is 16.0 Å². The summed E-state index contributed by atoms with van der Waals surface area (Å²) in [5, 5.41) is 22.1. The topological polar surface area (TPSA) is 144 Å². The van der Waals surface area contributed by atoms with E-state index >= 15 is 0 Å². The molecule has 1 fully saturated rings. The minimum atomic E-state index is -1.20. The maximum atomic E-state index is 13.5. The molecule has 3 aromatic rings. The average Bonchev–Trinajstić information content (AvgIpc) is 3.18. The van der Waals surface area contributed by atoms with E-state index in [-0.39, 0.29) is 36.1 Å². The summed E-state index contributed by atoms with van der Waals surface area (Å²) in [5.74, 6) is -3.77. The van der Waals surface area contributed by atoms with Crippen LogP contribution < -0.4 is 5.32 Å². The predicted octanol–water partition coefficient (Wildman–Crippen LogP) is 2.73. The number of anilines is 1. The third-order valence-electron chi connectivity index (χ3n) is 6.79. The number of carbonyl (C=O) groups is 5. The Bertz CT molecular complexity index is 1490. The molecule has 2 aliphatic rings. The fourth-order valence-corrected chi connectivity index (χ4v) is 4.91. The number of amides is 4. The summed E-state index contributed by atoms with van der Waals surface area (Å²) in [6, 6.07) is 17.8. The minimum Gasteiger partial charge on any atom is -0.478 e. The molecule has 0 spiro atoms. The number of fused-ring (bicyclic) bond motifs is 1. The molecule has 1 unspecified atom stereocenters. The van der Waals surface area contributed by atoms with Gasteiger partial charge in [0.05, 0.1) is 16.7 Å². The highest BCUT2D eigenvalue weighted by Crippen LogP contribution is 2.34. The standard InChI is InChI=1S/C28H23N3O7/c32-15-30-23(33)12-11-22(26(30)35)31-25(34)20-7-4-8-21(24(20)27(31)36)29-14-18-13-17(28(37)38)9-10-19(18)16-5-2-1-3-6-16/h1-10,13,22,29,32H,11-12,14-15H2,(H,37,38). The van der Waals surface area contributed by atoms with E-state index < -0.39 is 42.4 Å². The van der Waals surface area contributed by atoms with Crippen molar-refractivity contribution < 1.29 is 34.2 Å². The van der Waals surface area contributed by atoms with E-state index in [2.05, 4.69) is 5.32 Å². The Hall–Kier alpha value is -4.83. The number of carboxylic acid groups (broad SMARTS) is 1. The maximum Gasteiger partial charge on any atom is 0.335 e. The second-order valence-corrected chi connectivity index (χ2v) is 8.96. The zero-order valence-electron chi connectivity index (χ0n) is 20.1. The van der Waals surface area contributed by atoms with Gasteiger partial charge in [0.2, 0.25) is 5.91 Å². The number of aromatic carboxylic acids is 1. The van der Waals surface area contributed by atoms with Crippen LogP contribution in [-0.2, 0) is 16.1 Å². The van der Waals surface area contributed by atoms with Gasteiger partial charge in [-0.25, -0.2) is 4.79 Å². The summed E-state index contributed by atoms with van der Waals surface area (Å²) in [6.45, 7) is -0.679. The van der Waals surface area contributed by atoms with Crippen LogP contribution in [0.1, 0.15) is 49.5 Å². The summed E-state index contributed by atoms with van der Waals surface area (Å²) in [6.07, 6.45) is -0.109. The van der Waals surface area contributed by atoms with Crippen LogP contribution in [0.25, 0.3) is 11.1 Å². The summed E-state index contributed by atoms with van der Waals surface area (Å²) in [5.41, 5.74) is 3.02. The van der Waals surface area contributed by atoms with Gasteiger partial charge in [-0.2, -0.15) is 0 Å². The second kappa shape index (κ2) is 9.91. The maximum absolute atomic E-state index is 13.5. The third-order valence-corrected chi connectivity index (χ3v) is 6.79. The fourth-order valence-electron chi connectivity index (χ4n) is 4.91. The number of benzene rings is 3. The number of aliphatic hydroxyl groups is 1. The Morgan fingerprint density at radius 3 is 2.39 bits per heavy atom. The number of carboxylic acids is 1. The number of imide groups is 2. The molecule has 4 amide bonds. The highest BCUT2D eigenvalue weighted by molar-refractivity contribution is 6.25. The lowest BCUT2D eigenvalue weighted by atomic mass is 9.97. The van der Waals surface area contributed by atoms with Crippen LogP contribution in [0.4, 0.5) is 5.69 Å². The molecule has 3 N–H and O–H groups in total. The number of hydrogen-bond acceptors (Lipinski definition) is 7. The minimum absolute atomic E-state index is 0.0230. The quantitative estimate of drug-likeness (QED) is 0.409. The SMILES string of the molecule is O=C(O)c1ccc(-c2ccccc2)c(CNc2cccc3c2C(=O)N(C2CCC(=O)N(CO)C2=O)C3=O)c1. The Balaban J connectivity index is 1.46. The molecule has 0 aromatic heterocycles. The summed E-state index contributed by atoms with van der Waals surface area (Å²) >= 11 is 0. The summed E-state index contributed by atoms with van der Waals surface area (Å²) in [7, 11) is 0. The number of hydrogen-bond donors (Lipinski definition) is 3. The van der Waals surface area contributed by atoms with E-state index in [4.69, 9.17) is 0 Å². The van der Waals surface area contributed by atoms with Crippen molar-refractivity contribution in [1.29, 1.82) is 0 Å². The number of carbonyl (C=O) groups excluding carboxylic acids is 4. The number of piperidine rings is 1. The van der Waals surface area contributed by atoms with Crippen LogP contribution in [0, 0.1) is 0 Å². The third kappa shape index (κ3) is 4.20. The lowest BCUT2D eigenvalue weighted by molar-refractivity contribution is -0.155. The van der Waals surface area contributed by atoms with Crippen LogP contribution in [0.15, 0.2) is 66.7 Å². The molecular formula is C28H23N3O7. The van der Waals surface area contributed by atoms with Crippen molar-refractivity contribution in [1.82, 2.24) is 9.80 Å². The Morgan fingerprint density at radius 2 is 1.68 bits per heavy atom. The van der Waals surface area contributed by atoms with E-state index in [1.54, 1.807) is 24.3 Å². The van der Waals surface area contributed by atoms with E-state index in [0.29, 0.717) is 16.2 Å². The molecule has 192 valence electrons. The molecule has 0 saturated carbocycles. The molecule has 2 aliphatic heterocycles. The molecule has 0 bridgehead atoms. The predicted molar refractivity (Wildman–Crippen MR) is 135 cm³/mol. The van der Waals surface area contributed by atoms with Gasteiger partial charge < -0.3 is 15.5 Å². The van der Waals surface area contributed by atoms with Crippen LogP contribution in [-0.4, -0.2) is 62.4 Å². The van der Waals surface area contributed by atoms with E-state index in [1.165, 1.54) is 12.1 Å². The molecule has 1 saturated heterocycles. The van der Waals surface area contributed by atoms with Gasteiger partial charge in [0.15, 0.2) is 0 Å². The average molecular weight is 514 g/mol. The number of rotatable bonds is 7. The fraction of sp³-hybridized carbons (Fsp3) is 0.179. The highest BCUT2D eigenvalue weighted by Gasteiger charge is 2.47. The van der Waals surface area contributed by atoms with E-state index in [9.17, 15) is 34.2 Å². The molecule has 38 heavy (non-hydrogen) atoms. The van der Waals surface area contributed by atoms with Crippen molar-refractivity contribution >= 4 is 35.3 Å². The number of nitrogens with one attached hydrogen (secondary N) is 1. The van der Waals surface area contributed by atoms with Crippen LogP contribution in [0.2, 0.25) is 0 Å². The van der Waals surface area contributed by atoms with Gasteiger partial charge in [0, 0.05) is 18.7 Å². The summed E-state index contributed by atoms with van der Waals surface area (Å²) in [4.78, 5) is 64.5. The van der Waals surface area contributed by atoms with Gasteiger partial charge in [-0.05, 0) is 47.4 Å². The van der Waals surface area contributed by atoms with Crippen LogP contribution in [0.3, 0.4) is 0 Å². The first-order valence-electron chi connectivity index (χ1n) is 11.9.